The first-order chi connectivity index (χ1) is 16.7. The van der Waals surface area contributed by atoms with Crippen molar-refractivity contribution in [2.75, 3.05) is 0 Å². The van der Waals surface area contributed by atoms with Crippen LogP contribution in [-0.4, -0.2) is 56.2 Å². The van der Waals surface area contributed by atoms with E-state index in [1.807, 2.05) is 0 Å². The molecule has 1 fully saturated rings. The minimum absolute atomic E-state index is 0.0883. The summed E-state index contributed by atoms with van der Waals surface area (Å²) in [4.78, 5) is 53.8. The van der Waals surface area contributed by atoms with Crippen LogP contribution in [0, 0.1) is 0 Å². The summed E-state index contributed by atoms with van der Waals surface area (Å²) in [5.41, 5.74) is 0. The smallest absolute Gasteiger partial charge is 0.326 e. The molecule has 1 aliphatic rings. The van der Waals surface area contributed by atoms with Crippen LogP contribution in [0.4, 0.5) is 0 Å². The molecule has 4 N–H and O–H groups in total. The van der Waals surface area contributed by atoms with Gasteiger partial charge in [-0.25, -0.2) is 4.79 Å². The maximum absolute atomic E-state index is 11.8. The summed E-state index contributed by atoms with van der Waals surface area (Å²) in [6.45, 7) is 2.24. The number of aliphatic carboxylic acids is 2. The summed E-state index contributed by atoms with van der Waals surface area (Å²) >= 11 is 0. The number of unbranched alkanes of at least 4 members (excludes halogenated alkanes) is 12. The first-order valence-electron chi connectivity index (χ1n) is 13.0. The number of amides is 3. The van der Waals surface area contributed by atoms with Gasteiger partial charge < -0.3 is 15.5 Å². The number of carboxylic acid groups (broad SMARTS) is 2. The number of hydroxylamine groups is 2. The fraction of sp³-hybridized carbons (Fsp3) is 0.800. The van der Waals surface area contributed by atoms with Crippen LogP contribution in [0.15, 0.2) is 0 Å². The zero-order valence-electron chi connectivity index (χ0n) is 21.1. The van der Waals surface area contributed by atoms with E-state index in [4.69, 9.17) is 15.4 Å². The second kappa shape index (κ2) is 20.8. The fourth-order valence-electron chi connectivity index (χ4n) is 3.66. The van der Waals surface area contributed by atoms with Gasteiger partial charge in [0.15, 0.2) is 0 Å². The molecule has 10 nitrogen and oxygen atoms in total. The molecule has 1 saturated heterocycles. The van der Waals surface area contributed by atoms with Gasteiger partial charge in [0.2, 0.25) is 5.91 Å². The van der Waals surface area contributed by atoms with E-state index in [2.05, 4.69) is 12.2 Å². The molecule has 1 rings (SSSR count). The van der Waals surface area contributed by atoms with E-state index >= 15 is 0 Å². The molecule has 202 valence electrons. The van der Waals surface area contributed by atoms with Crippen molar-refractivity contribution in [2.24, 2.45) is 0 Å². The van der Waals surface area contributed by atoms with Crippen LogP contribution in [0.5, 0.6) is 0 Å². The molecular formula is C25H44N2O8. The Kier molecular flexibility index (Phi) is 19.4. The number of rotatable bonds is 19. The van der Waals surface area contributed by atoms with E-state index in [0.717, 1.165) is 19.3 Å². The lowest BCUT2D eigenvalue weighted by Gasteiger charge is -2.13. The van der Waals surface area contributed by atoms with Crippen LogP contribution >= 0.6 is 0 Å². The highest BCUT2D eigenvalue weighted by molar-refractivity contribution is 6.00. The first kappa shape index (κ1) is 32.5. The number of carboxylic acids is 2. The Labute approximate surface area is 208 Å². The molecule has 35 heavy (non-hydrogen) atoms. The van der Waals surface area contributed by atoms with Gasteiger partial charge in [0.05, 0.1) is 0 Å². The Morgan fingerprint density at radius 3 is 1.54 bits per heavy atom. The molecule has 0 saturated carbocycles. The number of imide groups is 1. The van der Waals surface area contributed by atoms with E-state index in [1.54, 1.807) is 0 Å². The minimum Gasteiger partial charge on any atom is -0.481 e. The summed E-state index contributed by atoms with van der Waals surface area (Å²) in [7, 11) is 0. The fourth-order valence-corrected chi connectivity index (χ4v) is 3.66. The van der Waals surface area contributed by atoms with Crippen LogP contribution in [0.25, 0.3) is 0 Å². The van der Waals surface area contributed by atoms with Crippen LogP contribution in [-0.2, 0) is 24.0 Å². The number of nitrogens with one attached hydrogen (secondary N) is 1. The predicted octanol–water partition coefficient (Wildman–Crippen LogP) is 4.43. The lowest BCUT2D eigenvalue weighted by Crippen LogP contribution is -2.41. The SMILES string of the molecule is CCCCCCCCCCCCCCCC(=O)NC(CCC(=O)O)C(=O)O.O=C1CCC(=O)N1O. The van der Waals surface area contributed by atoms with E-state index < -0.39 is 29.8 Å². The van der Waals surface area contributed by atoms with Crippen molar-refractivity contribution < 1.29 is 39.4 Å². The highest BCUT2D eigenvalue weighted by Crippen LogP contribution is 2.13. The monoisotopic (exact) mass is 500 g/mol. The Bertz CT molecular complexity index is 637. The maximum atomic E-state index is 11.8. The van der Waals surface area contributed by atoms with Crippen LogP contribution in [0.2, 0.25) is 0 Å². The third kappa shape index (κ3) is 18.5. The van der Waals surface area contributed by atoms with E-state index in [-0.39, 0.29) is 36.7 Å². The van der Waals surface area contributed by atoms with Crippen LogP contribution in [0.3, 0.4) is 0 Å². The average molecular weight is 501 g/mol. The van der Waals surface area contributed by atoms with Gasteiger partial charge in [-0.3, -0.25) is 24.4 Å². The second-order valence-electron chi connectivity index (χ2n) is 8.98. The van der Waals surface area contributed by atoms with Crippen molar-refractivity contribution in [3.05, 3.63) is 0 Å². The summed E-state index contributed by atoms with van der Waals surface area (Å²) in [5, 5.41) is 28.6. The molecule has 1 atom stereocenters. The van der Waals surface area contributed by atoms with E-state index in [1.165, 1.54) is 64.2 Å². The lowest BCUT2D eigenvalue weighted by molar-refractivity contribution is -0.171. The van der Waals surface area contributed by atoms with Crippen LogP contribution in [0.1, 0.15) is 122 Å². The number of hydrogen-bond acceptors (Lipinski definition) is 6. The molecule has 0 aromatic rings. The standard InChI is InChI=1S/C21H39NO5.C4H5NO3/c1-2-3-4-5-6-7-8-9-10-11-12-13-14-15-19(23)22-18(21(26)27)16-17-20(24)25;6-3-1-2-4(7)5(3)8/h18H,2-17H2,1H3,(H,22,23)(H,24,25)(H,26,27);8H,1-2H2. The molecule has 0 spiro atoms. The lowest BCUT2D eigenvalue weighted by atomic mass is 10.0. The summed E-state index contributed by atoms with van der Waals surface area (Å²) < 4.78 is 0. The molecular weight excluding hydrogens is 456 g/mol. The molecule has 1 aliphatic heterocycles. The van der Waals surface area contributed by atoms with Gasteiger partial charge in [0.1, 0.15) is 6.04 Å². The average Bonchev–Trinajstić information content (AvgIpc) is 3.10. The van der Waals surface area contributed by atoms with Gasteiger partial charge in [-0.1, -0.05) is 84.0 Å². The van der Waals surface area contributed by atoms with Gasteiger partial charge in [-0.2, -0.15) is 5.06 Å². The Morgan fingerprint density at radius 1 is 0.771 bits per heavy atom. The van der Waals surface area contributed by atoms with Crippen molar-refractivity contribution >= 4 is 29.7 Å². The van der Waals surface area contributed by atoms with Gasteiger partial charge >= 0.3 is 11.9 Å². The number of carbonyl (C=O) groups excluding carboxylic acids is 3. The highest BCUT2D eigenvalue weighted by atomic mass is 16.5. The zero-order valence-corrected chi connectivity index (χ0v) is 21.1. The Hall–Kier alpha value is -2.49. The van der Waals surface area contributed by atoms with Crippen molar-refractivity contribution in [1.82, 2.24) is 10.4 Å². The molecule has 0 aliphatic carbocycles. The second-order valence-corrected chi connectivity index (χ2v) is 8.98. The maximum Gasteiger partial charge on any atom is 0.326 e. The largest absolute Gasteiger partial charge is 0.481 e. The zero-order chi connectivity index (χ0) is 26.5. The predicted molar refractivity (Wildman–Crippen MR) is 130 cm³/mol. The number of hydrogen-bond donors (Lipinski definition) is 4. The minimum atomic E-state index is -1.19. The van der Waals surface area contributed by atoms with Gasteiger partial charge in [-0.05, 0) is 12.8 Å². The third-order valence-corrected chi connectivity index (χ3v) is 5.81. The van der Waals surface area contributed by atoms with Crippen LogP contribution < -0.4 is 5.32 Å². The molecule has 0 aromatic heterocycles. The summed E-state index contributed by atoms with van der Waals surface area (Å²) in [5.74, 6) is -3.57. The summed E-state index contributed by atoms with van der Waals surface area (Å²) in [6, 6.07) is -1.12. The Morgan fingerprint density at radius 2 is 1.20 bits per heavy atom. The van der Waals surface area contributed by atoms with Gasteiger partial charge in [-0.15, -0.1) is 0 Å². The molecule has 0 radical (unpaired) electrons. The normalized spacial score (nSPS) is 13.8. The molecule has 1 unspecified atom stereocenters. The quantitative estimate of drug-likeness (QED) is 0.115. The first-order valence-corrected chi connectivity index (χ1v) is 13.0. The molecule has 10 heteroatoms. The molecule has 3 amide bonds. The number of nitrogens with zero attached hydrogens (tertiary/aromatic N) is 1. The van der Waals surface area contributed by atoms with Crippen molar-refractivity contribution in [3.8, 4) is 0 Å². The third-order valence-electron chi connectivity index (χ3n) is 5.81. The highest BCUT2D eigenvalue weighted by Gasteiger charge is 2.26. The topological polar surface area (TPSA) is 161 Å². The molecule has 1 heterocycles. The van der Waals surface area contributed by atoms with Crippen molar-refractivity contribution in [3.63, 3.8) is 0 Å². The van der Waals surface area contributed by atoms with Gasteiger partial charge in [0.25, 0.3) is 11.8 Å². The van der Waals surface area contributed by atoms with Gasteiger partial charge in [0, 0.05) is 25.7 Å². The molecule has 0 bridgehead atoms. The van der Waals surface area contributed by atoms with Crippen molar-refractivity contribution in [1.29, 1.82) is 0 Å². The number of carbonyl (C=O) groups is 5. The summed E-state index contributed by atoms with van der Waals surface area (Å²) in [6.07, 6.45) is 16.2. The van der Waals surface area contributed by atoms with E-state index in [9.17, 15) is 24.0 Å². The van der Waals surface area contributed by atoms with E-state index in [0.29, 0.717) is 6.42 Å². The molecule has 0 aromatic carbocycles. The van der Waals surface area contributed by atoms with Crippen molar-refractivity contribution in [2.45, 2.75) is 129 Å². The Balaban J connectivity index is 0.00000121.